The van der Waals surface area contributed by atoms with Crippen molar-refractivity contribution in [1.82, 2.24) is 9.97 Å². The van der Waals surface area contributed by atoms with Crippen molar-refractivity contribution in [1.29, 1.82) is 0 Å². The molecule has 1 aromatic heterocycles. The van der Waals surface area contributed by atoms with Gasteiger partial charge in [0.15, 0.2) is 0 Å². The number of fused-ring (bicyclic) bond motifs is 1. The molecule has 5 heteroatoms. The lowest BCUT2D eigenvalue weighted by Gasteiger charge is -2.23. The first-order valence-electron chi connectivity index (χ1n) is 9.70. The first-order chi connectivity index (χ1) is 13.7. The Morgan fingerprint density at radius 1 is 1.07 bits per heavy atom. The SMILES string of the molecule is CCN(Cc1ccccc1)c1cc(C(=O)N2CCc3ccccc32)nc(C)n1. The fourth-order valence-electron chi connectivity index (χ4n) is 3.67. The summed E-state index contributed by atoms with van der Waals surface area (Å²) in [5.41, 5.74) is 3.86. The van der Waals surface area contributed by atoms with E-state index in [4.69, 9.17) is 0 Å². The smallest absolute Gasteiger partial charge is 0.277 e. The van der Waals surface area contributed by atoms with Gasteiger partial charge >= 0.3 is 0 Å². The Kier molecular flexibility index (Phi) is 5.06. The third kappa shape index (κ3) is 3.60. The molecule has 0 atom stereocenters. The van der Waals surface area contributed by atoms with Gasteiger partial charge in [0.25, 0.3) is 5.91 Å². The Morgan fingerprint density at radius 2 is 1.82 bits per heavy atom. The molecule has 0 fully saturated rings. The van der Waals surface area contributed by atoms with E-state index in [1.165, 1.54) is 11.1 Å². The molecular formula is C23H24N4O. The van der Waals surface area contributed by atoms with Crippen LogP contribution in [0.1, 0.15) is 34.4 Å². The molecule has 0 spiro atoms. The number of rotatable bonds is 5. The van der Waals surface area contributed by atoms with Gasteiger partial charge in [-0.1, -0.05) is 48.5 Å². The van der Waals surface area contributed by atoms with Gasteiger partial charge in [-0.05, 0) is 37.5 Å². The molecule has 0 bridgehead atoms. The number of hydrogen-bond acceptors (Lipinski definition) is 4. The molecule has 4 rings (SSSR count). The van der Waals surface area contributed by atoms with E-state index in [1.54, 1.807) is 0 Å². The molecule has 142 valence electrons. The first-order valence-corrected chi connectivity index (χ1v) is 9.70. The van der Waals surface area contributed by atoms with Crippen LogP contribution in [-0.2, 0) is 13.0 Å². The summed E-state index contributed by atoms with van der Waals surface area (Å²) in [4.78, 5) is 26.2. The van der Waals surface area contributed by atoms with E-state index in [0.29, 0.717) is 18.1 Å². The summed E-state index contributed by atoms with van der Waals surface area (Å²) in [7, 11) is 0. The molecule has 5 nitrogen and oxygen atoms in total. The lowest BCUT2D eigenvalue weighted by Crippen LogP contribution is -2.31. The second-order valence-corrected chi connectivity index (χ2v) is 6.99. The van der Waals surface area contributed by atoms with Crippen LogP contribution in [0.3, 0.4) is 0 Å². The first kappa shape index (κ1) is 18.2. The van der Waals surface area contributed by atoms with Gasteiger partial charge in [0.05, 0.1) is 0 Å². The van der Waals surface area contributed by atoms with Crippen molar-refractivity contribution in [2.75, 3.05) is 22.9 Å². The predicted molar refractivity (Wildman–Crippen MR) is 112 cm³/mol. The lowest BCUT2D eigenvalue weighted by molar-refractivity contribution is 0.0984. The minimum atomic E-state index is -0.0625. The highest BCUT2D eigenvalue weighted by atomic mass is 16.2. The minimum Gasteiger partial charge on any atom is -0.352 e. The van der Waals surface area contributed by atoms with Crippen LogP contribution < -0.4 is 9.80 Å². The molecule has 0 radical (unpaired) electrons. The average molecular weight is 372 g/mol. The molecule has 0 N–H and O–H groups in total. The van der Waals surface area contributed by atoms with Crippen molar-refractivity contribution in [3.63, 3.8) is 0 Å². The van der Waals surface area contributed by atoms with Crippen LogP contribution >= 0.6 is 0 Å². The molecule has 1 aliphatic heterocycles. The number of anilines is 2. The monoisotopic (exact) mass is 372 g/mol. The van der Waals surface area contributed by atoms with Gasteiger partial charge in [-0.3, -0.25) is 4.79 Å². The van der Waals surface area contributed by atoms with Crippen molar-refractivity contribution < 1.29 is 4.79 Å². The van der Waals surface area contributed by atoms with Crippen LogP contribution in [-0.4, -0.2) is 29.0 Å². The molecule has 1 amide bonds. The second kappa shape index (κ2) is 7.80. The van der Waals surface area contributed by atoms with Gasteiger partial charge in [-0.2, -0.15) is 0 Å². The largest absolute Gasteiger partial charge is 0.352 e. The topological polar surface area (TPSA) is 49.3 Å². The van der Waals surface area contributed by atoms with Gasteiger partial charge in [-0.15, -0.1) is 0 Å². The number of carbonyl (C=O) groups is 1. The van der Waals surface area contributed by atoms with Crippen molar-refractivity contribution >= 4 is 17.4 Å². The van der Waals surface area contributed by atoms with Crippen LogP contribution in [0.25, 0.3) is 0 Å². The quantitative estimate of drug-likeness (QED) is 0.679. The maximum atomic E-state index is 13.2. The molecular weight excluding hydrogens is 348 g/mol. The van der Waals surface area contributed by atoms with E-state index >= 15 is 0 Å². The maximum absolute atomic E-state index is 13.2. The van der Waals surface area contributed by atoms with Crippen LogP contribution in [0.4, 0.5) is 11.5 Å². The second-order valence-electron chi connectivity index (χ2n) is 6.99. The molecule has 3 aromatic rings. The zero-order valence-corrected chi connectivity index (χ0v) is 16.3. The Morgan fingerprint density at radius 3 is 2.61 bits per heavy atom. The molecule has 2 aromatic carbocycles. The third-order valence-corrected chi connectivity index (χ3v) is 5.10. The number of carbonyl (C=O) groups excluding carboxylic acids is 1. The van der Waals surface area contributed by atoms with E-state index < -0.39 is 0 Å². The number of hydrogen-bond donors (Lipinski definition) is 0. The normalized spacial score (nSPS) is 12.7. The zero-order chi connectivity index (χ0) is 19.5. The molecule has 0 aliphatic carbocycles. The molecule has 2 heterocycles. The van der Waals surface area contributed by atoms with Gasteiger partial charge in [-0.25, -0.2) is 9.97 Å². The number of aromatic nitrogens is 2. The summed E-state index contributed by atoms with van der Waals surface area (Å²) in [5.74, 6) is 1.34. The van der Waals surface area contributed by atoms with E-state index in [2.05, 4.69) is 40.0 Å². The van der Waals surface area contributed by atoms with E-state index in [9.17, 15) is 4.79 Å². The summed E-state index contributed by atoms with van der Waals surface area (Å²) in [6.45, 7) is 6.17. The van der Waals surface area contributed by atoms with Gasteiger partial charge in [0, 0.05) is 31.4 Å². The Balaban J connectivity index is 1.63. The molecule has 0 saturated carbocycles. The summed E-state index contributed by atoms with van der Waals surface area (Å²) < 4.78 is 0. The van der Waals surface area contributed by atoms with Crippen LogP contribution in [0.2, 0.25) is 0 Å². The number of amides is 1. The minimum absolute atomic E-state index is 0.0625. The number of nitrogens with zero attached hydrogens (tertiary/aromatic N) is 4. The zero-order valence-electron chi connectivity index (χ0n) is 16.3. The average Bonchev–Trinajstić information content (AvgIpc) is 3.16. The van der Waals surface area contributed by atoms with Crippen molar-refractivity contribution in [2.24, 2.45) is 0 Å². The van der Waals surface area contributed by atoms with E-state index in [1.807, 2.05) is 54.3 Å². The number of benzene rings is 2. The predicted octanol–water partition coefficient (Wildman–Crippen LogP) is 4.01. The van der Waals surface area contributed by atoms with Crippen molar-refractivity contribution in [2.45, 2.75) is 26.8 Å². The van der Waals surface area contributed by atoms with Crippen molar-refractivity contribution in [3.8, 4) is 0 Å². The van der Waals surface area contributed by atoms with Gasteiger partial charge in [0.2, 0.25) is 0 Å². The van der Waals surface area contributed by atoms with Crippen LogP contribution in [0.5, 0.6) is 0 Å². The third-order valence-electron chi connectivity index (χ3n) is 5.10. The van der Waals surface area contributed by atoms with Gasteiger partial charge in [0.1, 0.15) is 17.3 Å². The molecule has 28 heavy (non-hydrogen) atoms. The molecule has 0 saturated heterocycles. The molecule has 0 unspecified atom stereocenters. The summed E-state index contributed by atoms with van der Waals surface area (Å²) in [6, 6.07) is 20.2. The summed E-state index contributed by atoms with van der Waals surface area (Å²) in [5, 5.41) is 0. The summed E-state index contributed by atoms with van der Waals surface area (Å²) >= 11 is 0. The number of aryl methyl sites for hydroxylation is 1. The van der Waals surface area contributed by atoms with E-state index in [-0.39, 0.29) is 5.91 Å². The highest BCUT2D eigenvalue weighted by Gasteiger charge is 2.27. The molecule has 1 aliphatic rings. The fraction of sp³-hybridized carbons (Fsp3) is 0.261. The number of para-hydroxylation sites is 1. The lowest BCUT2D eigenvalue weighted by atomic mass is 10.2. The highest BCUT2D eigenvalue weighted by Crippen LogP contribution is 2.29. The summed E-state index contributed by atoms with van der Waals surface area (Å²) in [6.07, 6.45) is 0.883. The highest BCUT2D eigenvalue weighted by molar-refractivity contribution is 6.06. The standard InChI is InChI=1S/C23H24N4O/c1-3-26(16-18-9-5-4-6-10-18)22-15-20(24-17(2)25-22)23(28)27-14-13-19-11-7-8-12-21(19)27/h4-12,15H,3,13-14,16H2,1-2H3. The van der Waals surface area contributed by atoms with Crippen LogP contribution in [0.15, 0.2) is 60.7 Å². The Hall–Kier alpha value is -3.21. The Bertz CT molecular complexity index is 987. The Labute approximate surface area is 165 Å². The van der Waals surface area contributed by atoms with Crippen molar-refractivity contribution in [3.05, 3.63) is 83.3 Å². The van der Waals surface area contributed by atoms with E-state index in [0.717, 1.165) is 31.0 Å². The van der Waals surface area contributed by atoms with Crippen LogP contribution in [0, 0.1) is 6.92 Å². The fourth-order valence-corrected chi connectivity index (χ4v) is 3.67. The maximum Gasteiger partial charge on any atom is 0.277 e. The van der Waals surface area contributed by atoms with Gasteiger partial charge < -0.3 is 9.80 Å².